The number of aromatic nitrogens is 4. The Kier molecular flexibility index (Phi) is 4.38. The maximum Gasteiger partial charge on any atom is 0.246 e. The summed E-state index contributed by atoms with van der Waals surface area (Å²) < 4.78 is 7.28. The van der Waals surface area contributed by atoms with Crippen molar-refractivity contribution in [2.24, 2.45) is 7.05 Å². The molecule has 2 N–H and O–H groups in total. The Morgan fingerprint density at radius 3 is 3.04 bits per heavy atom. The van der Waals surface area contributed by atoms with Crippen molar-refractivity contribution in [2.75, 3.05) is 6.61 Å². The molecule has 120 valence electrons. The SMILES string of the molecule is Cc1cccc2[nH]c(COCC(=O)NCc3nccn3C)nc12. The predicted molar refractivity (Wildman–Crippen MR) is 85.5 cm³/mol. The lowest BCUT2D eigenvalue weighted by atomic mass is 10.2. The number of aromatic amines is 1. The van der Waals surface area contributed by atoms with Crippen molar-refractivity contribution in [3.8, 4) is 0 Å². The smallest absolute Gasteiger partial charge is 0.246 e. The number of carbonyl (C=O) groups is 1. The minimum absolute atomic E-state index is 0.0134. The zero-order valence-electron chi connectivity index (χ0n) is 13.2. The molecule has 0 unspecified atom stereocenters. The molecule has 0 aliphatic rings. The van der Waals surface area contributed by atoms with Crippen LogP contribution in [0, 0.1) is 6.92 Å². The van der Waals surface area contributed by atoms with E-state index in [-0.39, 0.29) is 19.1 Å². The molecule has 0 radical (unpaired) electrons. The second kappa shape index (κ2) is 6.62. The first-order chi connectivity index (χ1) is 11.1. The van der Waals surface area contributed by atoms with Gasteiger partial charge in [0.05, 0.1) is 17.6 Å². The molecule has 0 saturated carbocycles. The summed E-state index contributed by atoms with van der Waals surface area (Å²) in [7, 11) is 1.88. The maximum absolute atomic E-state index is 11.8. The van der Waals surface area contributed by atoms with Crippen molar-refractivity contribution in [1.29, 1.82) is 0 Å². The fourth-order valence-corrected chi connectivity index (χ4v) is 2.33. The number of nitrogens with zero attached hydrogens (tertiary/aromatic N) is 3. The van der Waals surface area contributed by atoms with E-state index in [4.69, 9.17) is 4.74 Å². The highest BCUT2D eigenvalue weighted by atomic mass is 16.5. The number of fused-ring (bicyclic) bond motifs is 1. The molecule has 0 fully saturated rings. The van der Waals surface area contributed by atoms with Crippen LogP contribution in [-0.4, -0.2) is 32.0 Å². The third-order valence-corrected chi connectivity index (χ3v) is 3.60. The van der Waals surface area contributed by atoms with E-state index >= 15 is 0 Å². The fourth-order valence-electron chi connectivity index (χ4n) is 2.33. The van der Waals surface area contributed by atoms with Gasteiger partial charge in [0.1, 0.15) is 24.9 Å². The number of amides is 1. The minimum Gasteiger partial charge on any atom is -0.364 e. The van der Waals surface area contributed by atoms with Gasteiger partial charge in [0.2, 0.25) is 5.91 Å². The Balaban J connectivity index is 1.47. The highest BCUT2D eigenvalue weighted by Gasteiger charge is 2.07. The molecule has 0 atom stereocenters. The Morgan fingerprint density at radius 1 is 1.43 bits per heavy atom. The summed E-state index contributed by atoms with van der Waals surface area (Å²) in [6.07, 6.45) is 3.53. The van der Waals surface area contributed by atoms with Crippen LogP contribution in [-0.2, 0) is 29.7 Å². The summed E-state index contributed by atoms with van der Waals surface area (Å²) in [6, 6.07) is 5.96. The first kappa shape index (κ1) is 15.2. The minimum atomic E-state index is -0.180. The van der Waals surface area contributed by atoms with Gasteiger partial charge in [0, 0.05) is 19.4 Å². The third kappa shape index (κ3) is 3.57. The number of H-pyrrole nitrogens is 1. The highest BCUT2D eigenvalue weighted by Crippen LogP contribution is 2.15. The predicted octanol–water partition coefficient (Wildman–Crippen LogP) is 1.44. The normalized spacial score (nSPS) is 11.0. The number of imidazole rings is 2. The molecule has 0 saturated heterocycles. The Morgan fingerprint density at radius 2 is 2.30 bits per heavy atom. The Bertz CT molecular complexity index is 821. The topological polar surface area (TPSA) is 84.8 Å². The van der Waals surface area contributed by atoms with Crippen molar-refractivity contribution in [3.63, 3.8) is 0 Å². The molecule has 23 heavy (non-hydrogen) atoms. The number of benzene rings is 1. The van der Waals surface area contributed by atoms with Gasteiger partial charge in [-0.2, -0.15) is 0 Å². The lowest BCUT2D eigenvalue weighted by Gasteiger charge is -2.05. The Labute approximate surface area is 133 Å². The average Bonchev–Trinajstić information content (AvgIpc) is 3.12. The number of hydrogen-bond donors (Lipinski definition) is 2. The molecule has 1 aromatic carbocycles. The monoisotopic (exact) mass is 313 g/mol. The largest absolute Gasteiger partial charge is 0.364 e. The van der Waals surface area contributed by atoms with E-state index < -0.39 is 0 Å². The molecule has 2 aromatic heterocycles. The zero-order valence-corrected chi connectivity index (χ0v) is 13.2. The summed E-state index contributed by atoms with van der Waals surface area (Å²) >= 11 is 0. The molecule has 7 nitrogen and oxygen atoms in total. The quantitative estimate of drug-likeness (QED) is 0.721. The molecule has 7 heteroatoms. The van der Waals surface area contributed by atoms with Crippen LogP contribution in [0.25, 0.3) is 11.0 Å². The van der Waals surface area contributed by atoms with Crippen LogP contribution in [0.5, 0.6) is 0 Å². The van der Waals surface area contributed by atoms with Crippen LogP contribution in [0.3, 0.4) is 0 Å². The molecule has 0 aliphatic heterocycles. The van der Waals surface area contributed by atoms with E-state index in [1.54, 1.807) is 6.20 Å². The van der Waals surface area contributed by atoms with Crippen molar-refractivity contribution in [2.45, 2.75) is 20.1 Å². The number of ether oxygens (including phenoxy) is 1. The van der Waals surface area contributed by atoms with Gasteiger partial charge < -0.3 is 19.6 Å². The summed E-state index contributed by atoms with van der Waals surface area (Å²) in [5.74, 6) is 1.33. The van der Waals surface area contributed by atoms with E-state index in [1.165, 1.54) is 0 Å². The van der Waals surface area contributed by atoms with Crippen molar-refractivity contribution < 1.29 is 9.53 Å². The van der Waals surface area contributed by atoms with Crippen molar-refractivity contribution in [3.05, 3.63) is 47.8 Å². The molecule has 0 bridgehead atoms. The number of para-hydroxylation sites is 1. The van der Waals surface area contributed by atoms with E-state index in [2.05, 4.69) is 20.3 Å². The number of carbonyl (C=O) groups excluding carboxylic acids is 1. The lowest BCUT2D eigenvalue weighted by molar-refractivity contribution is -0.126. The molecular formula is C16H19N5O2. The molecule has 0 spiro atoms. The van der Waals surface area contributed by atoms with Gasteiger partial charge in [-0.15, -0.1) is 0 Å². The highest BCUT2D eigenvalue weighted by molar-refractivity contribution is 5.78. The van der Waals surface area contributed by atoms with Gasteiger partial charge in [0.15, 0.2) is 0 Å². The molecule has 2 heterocycles. The van der Waals surface area contributed by atoms with Crippen LogP contribution in [0.2, 0.25) is 0 Å². The van der Waals surface area contributed by atoms with Crippen LogP contribution in [0.15, 0.2) is 30.6 Å². The van der Waals surface area contributed by atoms with Crippen LogP contribution < -0.4 is 5.32 Å². The molecule has 3 rings (SSSR count). The summed E-state index contributed by atoms with van der Waals surface area (Å²) in [6.45, 7) is 2.65. The van der Waals surface area contributed by atoms with Crippen molar-refractivity contribution >= 4 is 16.9 Å². The van der Waals surface area contributed by atoms with Crippen LogP contribution in [0.4, 0.5) is 0 Å². The lowest BCUT2D eigenvalue weighted by Crippen LogP contribution is -2.28. The second-order valence-electron chi connectivity index (χ2n) is 5.38. The molecular weight excluding hydrogens is 294 g/mol. The van der Waals surface area contributed by atoms with Crippen LogP contribution >= 0.6 is 0 Å². The number of aryl methyl sites for hydroxylation is 2. The summed E-state index contributed by atoms with van der Waals surface area (Å²) in [4.78, 5) is 23.6. The number of hydrogen-bond acceptors (Lipinski definition) is 4. The van der Waals surface area contributed by atoms with Crippen LogP contribution in [0.1, 0.15) is 17.2 Å². The zero-order chi connectivity index (χ0) is 16.2. The van der Waals surface area contributed by atoms with Gasteiger partial charge in [-0.1, -0.05) is 12.1 Å². The average molecular weight is 313 g/mol. The van der Waals surface area contributed by atoms with E-state index in [1.807, 2.05) is 42.9 Å². The van der Waals surface area contributed by atoms with Gasteiger partial charge >= 0.3 is 0 Å². The summed E-state index contributed by atoms with van der Waals surface area (Å²) in [5, 5.41) is 2.77. The van der Waals surface area contributed by atoms with E-state index in [9.17, 15) is 4.79 Å². The first-order valence-electron chi connectivity index (χ1n) is 7.38. The first-order valence-corrected chi connectivity index (χ1v) is 7.38. The molecule has 1 amide bonds. The standard InChI is InChI=1S/C16H19N5O2/c1-11-4-3-5-12-16(11)20-13(19-12)9-23-10-15(22)18-8-14-17-6-7-21(14)2/h3-7H,8-10H2,1-2H3,(H,18,22)(H,19,20). The van der Waals surface area contributed by atoms with Crippen molar-refractivity contribution in [1.82, 2.24) is 24.8 Å². The maximum atomic E-state index is 11.8. The fraction of sp³-hybridized carbons (Fsp3) is 0.312. The summed E-state index contributed by atoms with van der Waals surface area (Å²) in [5.41, 5.74) is 3.02. The van der Waals surface area contributed by atoms with E-state index in [0.29, 0.717) is 12.4 Å². The number of rotatable bonds is 6. The number of nitrogens with one attached hydrogen (secondary N) is 2. The van der Waals surface area contributed by atoms with Gasteiger partial charge in [-0.25, -0.2) is 9.97 Å². The van der Waals surface area contributed by atoms with E-state index in [0.717, 1.165) is 22.4 Å². The van der Waals surface area contributed by atoms with Gasteiger partial charge in [-0.05, 0) is 18.6 Å². The van der Waals surface area contributed by atoms with Gasteiger partial charge in [-0.3, -0.25) is 4.79 Å². The third-order valence-electron chi connectivity index (χ3n) is 3.60. The second-order valence-corrected chi connectivity index (χ2v) is 5.38. The van der Waals surface area contributed by atoms with Gasteiger partial charge in [0.25, 0.3) is 0 Å². The molecule has 3 aromatic rings. The molecule has 0 aliphatic carbocycles. The Hall–Kier alpha value is -2.67.